The molecular weight excluding hydrogens is 248 g/mol. The predicted molar refractivity (Wildman–Crippen MR) is 72.6 cm³/mol. The first-order valence-corrected chi connectivity index (χ1v) is 7.01. The third-order valence-electron chi connectivity index (χ3n) is 3.07. The standard InChI is InChI=1S/C13H20N2O2S/c1-9(8-17-3)7-15-12(16)6-14-13(15)11-5-4-10(2)18-11/h4-5,9,13-14H,6-8H2,1-3H3. The third kappa shape index (κ3) is 2.91. The number of nitrogens with one attached hydrogen (secondary N) is 1. The molecule has 0 aliphatic carbocycles. The van der Waals surface area contributed by atoms with Crippen molar-refractivity contribution in [1.29, 1.82) is 0 Å². The second-order valence-corrected chi connectivity index (χ2v) is 6.16. The number of methoxy groups -OCH3 is 1. The summed E-state index contributed by atoms with van der Waals surface area (Å²) < 4.78 is 5.14. The maximum atomic E-state index is 11.9. The van der Waals surface area contributed by atoms with Crippen LogP contribution in [0.1, 0.15) is 22.8 Å². The predicted octanol–water partition coefficient (Wildman–Crippen LogP) is 1.77. The summed E-state index contributed by atoms with van der Waals surface area (Å²) in [6.07, 6.45) is 0.0375. The number of ether oxygens (including phenoxy) is 1. The maximum Gasteiger partial charge on any atom is 0.238 e. The van der Waals surface area contributed by atoms with Gasteiger partial charge < -0.3 is 9.64 Å². The molecule has 0 aromatic carbocycles. The molecule has 1 amide bonds. The van der Waals surface area contributed by atoms with E-state index in [1.54, 1.807) is 18.4 Å². The fourth-order valence-corrected chi connectivity index (χ4v) is 3.24. The van der Waals surface area contributed by atoms with Crippen LogP contribution in [-0.4, -0.2) is 37.6 Å². The van der Waals surface area contributed by atoms with Gasteiger partial charge >= 0.3 is 0 Å². The molecule has 2 rings (SSSR count). The summed E-state index contributed by atoms with van der Waals surface area (Å²) in [5.74, 6) is 0.524. The Hall–Kier alpha value is -0.910. The van der Waals surface area contributed by atoms with Gasteiger partial charge in [-0.05, 0) is 25.0 Å². The topological polar surface area (TPSA) is 41.6 Å². The van der Waals surface area contributed by atoms with Crippen LogP contribution >= 0.6 is 11.3 Å². The highest BCUT2D eigenvalue weighted by Crippen LogP contribution is 2.29. The minimum Gasteiger partial charge on any atom is -0.384 e. The number of aryl methyl sites for hydroxylation is 1. The molecule has 0 bridgehead atoms. The Balaban J connectivity index is 2.08. The quantitative estimate of drug-likeness (QED) is 0.885. The van der Waals surface area contributed by atoms with Crippen molar-refractivity contribution in [1.82, 2.24) is 10.2 Å². The first-order valence-electron chi connectivity index (χ1n) is 6.20. The van der Waals surface area contributed by atoms with Crippen LogP contribution in [0.4, 0.5) is 0 Å². The first kappa shape index (κ1) is 13.5. The summed E-state index contributed by atoms with van der Waals surface area (Å²) in [6, 6.07) is 4.20. The van der Waals surface area contributed by atoms with Crippen molar-refractivity contribution in [2.75, 3.05) is 26.8 Å². The van der Waals surface area contributed by atoms with E-state index in [9.17, 15) is 4.79 Å². The Bertz CT molecular complexity index is 419. The van der Waals surface area contributed by atoms with Gasteiger partial charge in [-0.25, -0.2) is 0 Å². The van der Waals surface area contributed by atoms with Gasteiger partial charge in [-0.2, -0.15) is 0 Å². The Kier molecular flexibility index (Phi) is 4.37. The molecule has 1 saturated heterocycles. The van der Waals surface area contributed by atoms with Crippen LogP contribution in [0.25, 0.3) is 0 Å². The molecule has 5 heteroatoms. The molecule has 1 aromatic rings. The van der Waals surface area contributed by atoms with E-state index in [4.69, 9.17) is 4.74 Å². The molecule has 0 spiro atoms. The van der Waals surface area contributed by atoms with Crippen molar-refractivity contribution in [3.05, 3.63) is 21.9 Å². The molecular formula is C13H20N2O2S. The highest BCUT2D eigenvalue weighted by atomic mass is 32.1. The lowest BCUT2D eigenvalue weighted by molar-refractivity contribution is -0.128. The van der Waals surface area contributed by atoms with Crippen molar-refractivity contribution in [2.45, 2.75) is 20.0 Å². The number of carbonyl (C=O) groups is 1. The van der Waals surface area contributed by atoms with Gasteiger partial charge in [0.1, 0.15) is 6.17 Å². The van der Waals surface area contributed by atoms with Gasteiger partial charge in [0.25, 0.3) is 0 Å². The van der Waals surface area contributed by atoms with Gasteiger partial charge in [-0.3, -0.25) is 10.1 Å². The van der Waals surface area contributed by atoms with Crippen LogP contribution in [0.5, 0.6) is 0 Å². The number of rotatable bonds is 5. The Morgan fingerprint density at radius 1 is 1.61 bits per heavy atom. The smallest absolute Gasteiger partial charge is 0.238 e. The van der Waals surface area contributed by atoms with Crippen LogP contribution in [-0.2, 0) is 9.53 Å². The average Bonchev–Trinajstić information content (AvgIpc) is 2.87. The third-order valence-corrected chi connectivity index (χ3v) is 4.12. The zero-order chi connectivity index (χ0) is 13.1. The highest BCUT2D eigenvalue weighted by Gasteiger charge is 2.33. The molecule has 100 valence electrons. The summed E-state index contributed by atoms with van der Waals surface area (Å²) in [7, 11) is 1.70. The lowest BCUT2D eigenvalue weighted by Gasteiger charge is -2.26. The molecule has 1 aliphatic heterocycles. The van der Waals surface area contributed by atoms with Crippen molar-refractivity contribution in [3.8, 4) is 0 Å². The minimum absolute atomic E-state index is 0.0375. The molecule has 18 heavy (non-hydrogen) atoms. The maximum absolute atomic E-state index is 11.9. The zero-order valence-electron chi connectivity index (χ0n) is 11.1. The van der Waals surface area contributed by atoms with E-state index in [-0.39, 0.29) is 12.1 Å². The molecule has 0 saturated carbocycles. The fourth-order valence-electron chi connectivity index (χ4n) is 2.27. The van der Waals surface area contributed by atoms with Gasteiger partial charge in [0.2, 0.25) is 5.91 Å². The largest absolute Gasteiger partial charge is 0.384 e. The van der Waals surface area contributed by atoms with Crippen LogP contribution in [0, 0.1) is 12.8 Å². The monoisotopic (exact) mass is 268 g/mol. The van der Waals surface area contributed by atoms with Crippen LogP contribution < -0.4 is 5.32 Å². The molecule has 1 N–H and O–H groups in total. The van der Waals surface area contributed by atoms with E-state index >= 15 is 0 Å². The Morgan fingerprint density at radius 3 is 3.00 bits per heavy atom. The molecule has 2 heterocycles. The van der Waals surface area contributed by atoms with E-state index in [2.05, 4.69) is 31.3 Å². The van der Waals surface area contributed by atoms with E-state index in [0.717, 1.165) is 6.54 Å². The Labute approximate surface area is 112 Å². The summed E-state index contributed by atoms with van der Waals surface area (Å²) >= 11 is 1.74. The number of thiophene rings is 1. The summed E-state index contributed by atoms with van der Waals surface area (Å²) in [5.41, 5.74) is 0. The van der Waals surface area contributed by atoms with Gasteiger partial charge in [0.15, 0.2) is 0 Å². The number of hydrogen-bond acceptors (Lipinski definition) is 4. The highest BCUT2D eigenvalue weighted by molar-refractivity contribution is 7.12. The molecule has 2 unspecified atom stereocenters. The van der Waals surface area contributed by atoms with Crippen LogP contribution in [0.2, 0.25) is 0 Å². The normalized spacial score (nSPS) is 21.6. The average molecular weight is 268 g/mol. The van der Waals surface area contributed by atoms with E-state index in [1.165, 1.54) is 9.75 Å². The second kappa shape index (κ2) is 5.82. The van der Waals surface area contributed by atoms with E-state index in [1.807, 2.05) is 4.90 Å². The van der Waals surface area contributed by atoms with Crippen LogP contribution in [0.15, 0.2) is 12.1 Å². The van der Waals surface area contributed by atoms with Crippen molar-refractivity contribution >= 4 is 17.2 Å². The fraction of sp³-hybridized carbons (Fsp3) is 0.615. The van der Waals surface area contributed by atoms with E-state index < -0.39 is 0 Å². The number of carbonyl (C=O) groups excluding carboxylic acids is 1. The molecule has 4 nitrogen and oxygen atoms in total. The second-order valence-electron chi connectivity index (χ2n) is 4.84. The lowest BCUT2D eigenvalue weighted by atomic mass is 10.2. The van der Waals surface area contributed by atoms with Crippen molar-refractivity contribution < 1.29 is 9.53 Å². The molecule has 0 radical (unpaired) electrons. The first-order chi connectivity index (χ1) is 8.61. The Morgan fingerprint density at radius 2 is 2.39 bits per heavy atom. The summed E-state index contributed by atoms with van der Waals surface area (Å²) in [5, 5.41) is 3.28. The molecule has 1 aliphatic rings. The summed E-state index contributed by atoms with van der Waals surface area (Å²) in [6.45, 7) is 6.04. The zero-order valence-corrected chi connectivity index (χ0v) is 11.9. The minimum atomic E-state index is 0.0375. The van der Waals surface area contributed by atoms with E-state index in [0.29, 0.717) is 19.1 Å². The van der Waals surface area contributed by atoms with Gasteiger partial charge in [-0.1, -0.05) is 6.92 Å². The number of nitrogens with zero attached hydrogens (tertiary/aromatic N) is 1. The lowest BCUT2D eigenvalue weighted by Crippen LogP contribution is -2.34. The molecule has 2 atom stereocenters. The molecule has 1 fully saturated rings. The number of hydrogen-bond donors (Lipinski definition) is 1. The molecule has 1 aromatic heterocycles. The van der Waals surface area contributed by atoms with Crippen LogP contribution in [0.3, 0.4) is 0 Å². The SMILES string of the molecule is COCC(C)CN1C(=O)CNC1c1ccc(C)s1. The summed E-state index contributed by atoms with van der Waals surface area (Å²) in [4.78, 5) is 16.3. The van der Waals surface area contributed by atoms with Gasteiger partial charge in [0, 0.05) is 23.4 Å². The number of amides is 1. The van der Waals surface area contributed by atoms with Crippen molar-refractivity contribution in [2.24, 2.45) is 5.92 Å². The van der Waals surface area contributed by atoms with Crippen molar-refractivity contribution in [3.63, 3.8) is 0 Å². The van der Waals surface area contributed by atoms with Gasteiger partial charge in [0.05, 0.1) is 13.2 Å². The van der Waals surface area contributed by atoms with Gasteiger partial charge in [-0.15, -0.1) is 11.3 Å².